The number of fused-ring (bicyclic) bond motifs is 1. The third kappa shape index (κ3) is 1.98. The minimum absolute atomic E-state index is 0.307. The van der Waals surface area contributed by atoms with E-state index in [0.717, 1.165) is 11.0 Å². The highest BCUT2D eigenvalue weighted by atomic mass is 19.1. The summed E-state index contributed by atoms with van der Waals surface area (Å²) in [4.78, 5) is 7.19. The standard InChI is InChI=1S/C13H10FN3O/c14-8-2-1-3-10(6-8)18-13-16-11-5-4-9(15)7-12(11)17-13/h1-7H,15H2,(H,16,17). The Morgan fingerprint density at radius 3 is 2.89 bits per heavy atom. The van der Waals surface area contributed by atoms with Crippen LogP contribution in [0.5, 0.6) is 11.8 Å². The van der Waals surface area contributed by atoms with Crippen molar-refractivity contribution in [3.05, 3.63) is 48.3 Å². The molecule has 5 heteroatoms. The van der Waals surface area contributed by atoms with E-state index in [1.807, 2.05) is 0 Å². The molecule has 3 rings (SSSR count). The molecule has 0 atom stereocenters. The van der Waals surface area contributed by atoms with E-state index in [1.54, 1.807) is 30.3 Å². The number of hydrogen-bond acceptors (Lipinski definition) is 3. The van der Waals surface area contributed by atoms with Crippen LogP contribution in [-0.2, 0) is 0 Å². The summed E-state index contributed by atoms with van der Waals surface area (Å²) in [5.74, 6) is 0.0369. The van der Waals surface area contributed by atoms with E-state index in [4.69, 9.17) is 10.5 Å². The Balaban J connectivity index is 1.95. The van der Waals surface area contributed by atoms with Crippen LogP contribution in [0.15, 0.2) is 42.5 Å². The Bertz CT molecular complexity index is 708. The maximum atomic E-state index is 13.0. The maximum Gasteiger partial charge on any atom is 0.300 e. The van der Waals surface area contributed by atoms with Gasteiger partial charge in [0.2, 0.25) is 0 Å². The second-order valence-electron chi connectivity index (χ2n) is 3.88. The molecule has 4 nitrogen and oxygen atoms in total. The van der Waals surface area contributed by atoms with Crippen LogP contribution in [-0.4, -0.2) is 9.97 Å². The zero-order valence-electron chi connectivity index (χ0n) is 9.35. The van der Waals surface area contributed by atoms with Gasteiger partial charge in [-0.2, -0.15) is 4.98 Å². The van der Waals surface area contributed by atoms with E-state index in [1.165, 1.54) is 12.1 Å². The van der Waals surface area contributed by atoms with Crippen molar-refractivity contribution in [1.29, 1.82) is 0 Å². The highest BCUT2D eigenvalue weighted by molar-refractivity contribution is 5.79. The number of hydrogen-bond donors (Lipinski definition) is 2. The zero-order valence-corrected chi connectivity index (χ0v) is 9.35. The highest BCUT2D eigenvalue weighted by Crippen LogP contribution is 2.23. The number of rotatable bonds is 2. The Morgan fingerprint density at radius 1 is 1.17 bits per heavy atom. The van der Waals surface area contributed by atoms with E-state index >= 15 is 0 Å². The van der Waals surface area contributed by atoms with Gasteiger partial charge in [0.15, 0.2) is 0 Å². The summed E-state index contributed by atoms with van der Waals surface area (Å²) in [6.45, 7) is 0. The molecule has 3 N–H and O–H groups in total. The van der Waals surface area contributed by atoms with Crippen molar-refractivity contribution in [3.63, 3.8) is 0 Å². The number of nitrogens with two attached hydrogens (primary N) is 1. The average Bonchev–Trinajstić information content (AvgIpc) is 2.70. The molecule has 1 heterocycles. The predicted octanol–water partition coefficient (Wildman–Crippen LogP) is 3.08. The van der Waals surface area contributed by atoms with Gasteiger partial charge in [-0.1, -0.05) is 6.07 Å². The van der Waals surface area contributed by atoms with Crippen molar-refractivity contribution in [2.24, 2.45) is 0 Å². The Morgan fingerprint density at radius 2 is 2.06 bits per heavy atom. The van der Waals surface area contributed by atoms with Crippen LogP contribution in [0.25, 0.3) is 11.0 Å². The second-order valence-corrected chi connectivity index (χ2v) is 3.88. The normalized spacial score (nSPS) is 10.7. The fourth-order valence-corrected chi connectivity index (χ4v) is 1.69. The monoisotopic (exact) mass is 243 g/mol. The number of ether oxygens (including phenoxy) is 1. The lowest BCUT2D eigenvalue weighted by molar-refractivity contribution is 0.445. The van der Waals surface area contributed by atoms with Gasteiger partial charge in [0.25, 0.3) is 6.01 Å². The van der Waals surface area contributed by atoms with Crippen LogP contribution in [0.3, 0.4) is 0 Å². The molecule has 0 saturated heterocycles. The molecule has 0 saturated carbocycles. The quantitative estimate of drug-likeness (QED) is 0.680. The van der Waals surface area contributed by atoms with Gasteiger partial charge >= 0.3 is 0 Å². The molecule has 1 aromatic heterocycles. The molecule has 3 aromatic rings. The van der Waals surface area contributed by atoms with Crippen molar-refractivity contribution in [3.8, 4) is 11.8 Å². The Kier molecular flexibility index (Phi) is 2.37. The Labute approximate surface area is 102 Å². The van der Waals surface area contributed by atoms with Crippen molar-refractivity contribution in [2.45, 2.75) is 0 Å². The smallest absolute Gasteiger partial charge is 0.300 e. The van der Waals surface area contributed by atoms with Crippen LogP contribution in [0, 0.1) is 5.82 Å². The van der Waals surface area contributed by atoms with E-state index in [0.29, 0.717) is 17.4 Å². The molecule has 0 aliphatic carbocycles. The van der Waals surface area contributed by atoms with Crippen LogP contribution < -0.4 is 10.5 Å². The summed E-state index contributed by atoms with van der Waals surface area (Å²) in [6, 6.07) is 11.5. The zero-order chi connectivity index (χ0) is 12.5. The number of aromatic amines is 1. The summed E-state index contributed by atoms with van der Waals surface area (Å²) in [5, 5.41) is 0. The third-order valence-electron chi connectivity index (χ3n) is 2.49. The molecule has 0 amide bonds. The number of anilines is 1. The lowest BCUT2D eigenvalue weighted by atomic mass is 10.3. The second kappa shape index (κ2) is 4.03. The lowest BCUT2D eigenvalue weighted by Gasteiger charge is -2.00. The molecule has 0 unspecified atom stereocenters. The summed E-state index contributed by atoms with van der Waals surface area (Å²) < 4.78 is 18.4. The summed E-state index contributed by atoms with van der Waals surface area (Å²) in [7, 11) is 0. The number of H-pyrrole nitrogens is 1. The molecule has 0 aliphatic rings. The van der Waals surface area contributed by atoms with Gasteiger partial charge in [0, 0.05) is 11.8 Å². The first-order chi connectivity index (χ1) is 8.70. The number of imidazole rings is 1. The molecular weight excluding hydrogens is 233 g/mol. The number of benzene rings is 2. The summed E-state index contributed by atoms with van der Waals surface area (Å²) in [5.41, 5.74) is 7.83. The van der Waals surface area contributed by atoms with Gasteiger partial charge < -0.3 is 15.5 Å². The molecule has 18 heavy (non-hydrogen) atoms. The lowest BCUT2D eigenvalue weighted by Crippen LogP contribution is -1.86. The van der Waals surface area contributed by atoms with Crippen molar-refractivity contribution < 1.29 is 9.13 Å². The van der Waals surface area contributed by atoms with Gasteiger partial charge in [-0.25, -0.2) is 4.39 Å². The maximum absolute atomic E-state index is 13.0. The first kappa shape index (κ1) is 10.6. The van der Waals surface area contributed by atoms with Crippen molar-refractivity contribution >= 4 is 16.7 Å². The fraction of sp³-hybridized carbons (Fsp3) is 0. The molecule has 0 fully saturated rings. The van der Waals surface area contributed by atoms with E-state index in [-0.39, 0.29) is 5.82 Å². The molecule has 2 aromatic carbocycles. The SMILES string of the molecule is Nc1ccc2nc(Oc3cccc(F)c3)[nH]c2c1. The van der Waals surface area contributed by atoms with Gasteiger partial charge in [0.1, 0.15) is 11.6 Å². The predicted molar refractivity (Wildman–Crippen MR) is 67.0 cm³/mol. The van der Waals surface area contributed by atoms with Crippen molar-refractivity contribution in [2.75, 3.05) is 5.73 Å². The number of nitrogen functional groups attached to an aromatic ring is 1. The topological polar surface area (TPSA) is 63.9 Å². The fourth-order valence-electron chi connectivity index (χ4n) is 1.69. The first-order valence-corrected chi connectivity index (χ1v) is 5.39. The number of nitrogens with zero attached hydrogens (tertiary/aromatic N) is 1. The molecule has 0 spiro atoms. The molecular formula is C13H10FN3O. The van der Waals surface area contributed by atoms with Gasteiger partial charge in [-0.05, 0) is 30.3 Å². The number of aromatic nitrogens is 2. The van der Waals surface area contributed by atoms with Crippen LogP contribution in [0.2, 0.25) is 0 Å². The Hall–Kier alpha value is -2.56. The molecule has 90 valence electrons. The minimum Gasteiger partial charge on any atom is -0.426 e. The first-order valence-electron chi connectivity index (χ1n) is 5.39. The average molecular weight is 243 g/mol. The summed E-state index contributed by atoms with van der Waals surface area (Å²) >= 11 is 0. The third-order valence-corrected chi connectivity index (χ3v) is 2.49. The van der Waals surface area contributed by atoms with E-state index in [2.05, 4.69) is 9.97 Å². The molecule has 0 bridgehead atoms. The van der Waals surface area contributed by atoms with E-state index in [9.17, 15) is 4.39 Å². The minimum atomic E-state index is -0.354. The summed E-state index contributed by atoms with van der Waals surface area (Å²) in [6.07, 6.45) is 0. The van der Waals surface area contributed by atoms with Crippen molar-refractivity contribution in [1.82, 2.24) is 9.97 Å². The van der Waals surface area contributed by atoms with Gasteiger partial charge in [0.05, 0.1) is 11.0 Å². The van der Waals surface area contributed by atoms with Crippen LogP contribution in [0.1, 0.15) is 0 Å². The number of halogens is 1. The largest absolute Gasteiger partial charge is 0.426 e. The molecule has 0 aliphatic heterocycles. The van der Waals surface area contributed by atoms with E-state index < -0.39 is 0 Å². The highest BCUT2D eigenvalue weighted by Gasteiger charge is 2.05. The van der Waals surface area contributed by atoms with Crippen LogP contribution in [0.4, 0.5) is 10.1 Å². The molecule has 0 radical (unpaired) electrons. The van der Waals surface area contributed by atoms with Gasteiger partial charge in [-0.15, -0.1) is 0 Å². The van der Waals surface area contributed by atoms with Crippen LogP contribution >= 0.6 is 0 Å². The number of nitrogens with one attached hydrogen (secondary N) is 1. The van der Waals surface area contributed by atoms with Gasteiger partial charge in [-0.3, -0.25) is 0 Å².